The van der Waals surface area contributed by atoms with Gasteiger partial charge in [-0.2, -0.15) is 5.06 Å². The van der Waals surface area contributed by atoms with Crippen LogP contribution in [0.5, 0.6) is 5.75 Å². The summed E-state index contributed by atoms with van der Waals surface area (Å²) < 4.78 is 35.5. The van der Waals surface area contributed by atoms with Crippen molar-refractivity contribution in [3.63, 3.8) is 0 Å². The Bertz CT molecular complexity index is 1180. The van der Waals surface area contributed by atoms with E-state index in [0.29, 0.717) is 18.3 Å². The fourth-order valence-corrected chi connectivity index (χ4v) is 7.33. The van der Waals surface area contributed by atoms with Gasteiger partial charge in [-0.1, -0.05) is 36.4 Å². The number of hydroxylamine groups is 2. The van der Waals surface area contributed by atoms with E-state index in [1.807, 2.05) is 24.3 Å². The molecule has 1 aliphatic carbocycles. The zero-order chi connectivity index (χ0) is 29.6. The number of hydrogen-bond donors (Lipinski definition) is 0. The Morgan fingerprint density at radius 2 is 1.39 bits per heavy atom. The topological polar surface area (TPSA) is 21.7 Å². The van der Waals surface area contributed by atoms with Gasteiger partial charge in [0.05, 0.1) is 13.7 Å². The maximum atomic E-state index is 15.7. The lowest BCUT2D eigenvalue weighted by Gasteiger charge is -2.54. The number of nitrogens with zero attached hydrogens (tertiary/aromatic N) is 1. The lowest BCUT2D eigenvalue weighted by atomic mass is 9.72. The summed E-state index contributed by atoms with van der Waals surface area (Å²) in [7, 11) is 1.55. The van der Waals surface area contributed by atoms with Gasteiger partial charge in [0.2, 0.25) is 0 Å². The van der Waals surface area contributed by atoms with E-state index >= 15 is 4.39 Å². The summed E-state index contributed by atoms with van der Waals surface area (Å²) in [6, 6.07) is 11.1. The van der Waals surface area contributed by atoms with Gasteiger partial charge in [0.15, 0.2) is 0 Å². The molecule has 2 aliphatic rings. The number of piperidine rings is 1. The van der Waals surface area contributed by atoms with E-state index in [9.17, 15) is 4.39 Å². The third-order valence-corrected chi connectivity index (χ3v) is 9.11. The highest BCUT2D eigenvalue weighted by molar-refractivity contribution is 5.33. The molecule has 0 bridgehead atoms. The first-order valence-electron chi connectivity index (χ1n) is 15.4. The van der Waals surface area contributed by atoms with Crippen LogP contribution in [0.1, 0.15) is 120 Å². The number of halogens is 2. The van der Waals surface area contributed by atoms with Gasteiger partial charge in [-0.05, 0) is 132 Å². The fourth-order valence-electron chi connectivity index (χ4n) is 7.33. The Morgan fingerprint density at radius 1 is 0.805 bits per heavy atom. The number of allylic oxidation sites excluding steroid dienone is 2. The smallest absolute Gasteiger partial charge is 0.130 e. The highest BCUT2D eigenvalue weighted by Crippen LogP contribution is 2.47. The van der Waals surface area contributed by atoms with Crippen LogP contribution in [-0.4, -0.2) is 29.9 Å². The Hall–Kier alpha value is -2.50. The number of methoxy groups -OCH3 is 1. The number of ether oxygens (including phenoxy) is 1. The number of unbranched alkanes of at least 4 members (excludes halogenated alkanes) is 1. The predicted molar refractivity (Wildman–Crippen MR) is 164 cm³/mol. The monoisotopic (exact) mass is 565 g/mol. The van der Waals surface area contributed by atoms with Crippen LogP contribution in [0.25, 0.3) is 0 Å². The molecule has 0 spiro atoms. The van der Waals surface area contributed by atoms with Crippen LogP contribution in [0.3, 0.4) is 0 Å². The van der Waals surface area contributed by atoms with Crippen molar-refractivity contribution >= 4 is 0 Å². The lowest BCUT2D eigenvalue weighted by molar-refractivity contribution is -0.282. The number of hydrogen-bond acceptors (Lipinski definition) is 3. The van der Waals surface area contributed by atoms with Crippen molar-refractivity contribution in [1.29, 1.82) is 0 Å². The summed E-state index contributed by atoms with van der Waals surface area (Å²) >= 11 is 0. The highest BCUT2D eigenvalue weighted by atomic mass is 19.1. The first kappa shape index (κ1) is 31.4. The molecule has 1 saturated carbocycles. The van der Waals surface area contributed by atoms with Crippen molar-refractivity contribution in [2.24, 2.45) is 0 Å². The van der Waals surface area contributed by atoms with Gasteiger partial charge in [0.25, 0.3) is 0 Å². The van der Waals surface area contributed by atoms with Gasteiger partial charge >= 0.3 is 0 Å². The Morgan fingerprint density at radius 3 is 2.00 bits per heavy atom. The van der Waals surface area contributed by atoms with Gasteiger partial charge in [-0.25, -0.2) is 8.78 Å². The van der Waals surface area contributed by atoms with Crippen molar-refractivity contribution in [1.82, 2.24) is 5.06 Å². The molecule has 5 heteroatoms. The predicted octanol–water partition coefficient (Wildman–Crippen LogP) is 10.00. The lowest BCUT2D eigenvalue weighted by Crippen LogP contribution is -2.60. The van der Waals surface area contributed by atoms with E-state index in [1.54, 1.807) is 13.2 Å². The highest BCUT2D eigenvalue weighted by Gasteiger charge is 2.47. The summed E-state index contributed by atoms with van der Waals surface area (Å²) in [4.78, 5) is 6.33. The van der Waals surface area contributed by atoms with Crippen LogP contribution < -0.4 is 4.74 Å². The van der Waals surface area contributed by atoms with Gasteiger partial charge in [0.1, 0.15) is 17.4 Å². The van der Waals surface area contributed by atoms with E-state index < -0.39 is 0 Å². The summed E-state index contributed by atoms with van der Waals surface area (Å²) in [5, 5.41) is 2.16. The van der Waals surface area contributed by atoms with Crippen LogP contribution in [-0.2, 0) is 4.84 Å². The van der Waals surface area contributed by atoms with Crippen molar-refractivity contribution in [2.75, 3.05) is 13.7 Å². The zero-order valence-electron chi connectivity index (χ0n) is 25.7. The van der Waals surface area contributed by atoms with E-state index in [1.165, 1.54) is 6.07 Å². The Labute approximate surface area is 246 Å². The largest absolute Gasteiger partial charge is 0.497 e. The van der Waals surface area contributed by atoms with Crippen molar-refractivity contribution in [2.45, 2.75) is 114 Å². The van der Waals surface area contributed by atoms with E-state index in [2.05, 4.69) is 57.6 Å². The quantitative estimate of drug-likeness (QED) is 0.200. The fraction of sp³-hybridized carbons (Fsp3) is 0.556. The Kier molecular flexibility index (Phi) is 10.5. The maximum Gasteiger partial charge on any atom is 0.130 e. The van der Waals surface area contributed by atoms with E-state index in [0.717, 1.165) is 74.5 Å². The molecule has 0 amide bonds. The van der Waals surface area contributed by atoms with E-state index in [-0.39, 0.29) is 34.5 Å². The second-order valence-corrected chi connectivity index (χ2v) is 13.2. The minimum Gasteiger partial charge on any atom is -0.497 e. The third-order valence-electron chi connectivity index (χ3n) is 9.11. The number of benzene rings is 2. The molecule has 0 radical (unpaired) electrons. The van der Waals surface area contributed by atoms with Crippen LogP contribution in [0.2, 0.25) is 0 Å². The summed E-state index contributed by atoms with van der Waals surface area (Å²) in [6.07, 6.45) is 14.5. The Balaban J connectivity index is 1.37. The van der Waals surface area contributed by atoms with Crippen molar-refractivity contribution < 1.29 is 18.4 Å². The molecule has 0 atom stereocenters. The van der Waals surface area contributed by atoms with Gasteiger partial charge in [0, 0.05) is 17.1 Å². The van der Waals surface area contributed by atoms with Crippen LogP contribution >= 0.6 is 0 Å². The first-order valence-corrected chi connectivity index (χ1v) is 15.4. The van der Waals surface area contributed by atoms with Crippen molar-refractivity contribution in [3.05, 3.63) is 89.5 Å². The van der Waals surface area contributed by atoms with E-state index in [4.69, 9.17) is 9.57 Å². The molecule has 0 aromatic heterocycles. The third kappa shape index (κ3) is 7.67. The molecule has 2 aromatic rings. The molecule has 41 heavy (non-hydrogen) atoms. The van der Waals surface area contributed by atoms with Gasteiger partial charge in [-0.15, -0.1) is 6.58 Å². The molecule has 1 heterocycles. The summed E-state index contributed by atoms with van der Waals surface area (Å²) in [5.41, 5.74) is 2.21. The molecule has 2 aromatic carbocycles. The van der Waals surface area contributed by atoms with Crippen LogP contribution in [0.15, 0.2) is 61.2 Å². The molecule has 0 unspecified atom stereocenters. The second-order valence-electron chi connectivity index (χ2n) is 13.2. The van der Waals surface area contributed by atoms with Crippen LogP contribution in [0, 0.1) is 11.6 Å². The van der Waals surface area contributed by atoms with Crippen molar-refractivity contribution in [3.8, 4) is 5.75 Å². The first-order chi connectivity index (χ1) is 19.6. The molecule has 4 rings (SSSR count). The minimum atomic E-state index is -0.223. The minimum absolute atomic E-state index is 0.0959. The molecule has 0 N–H and O–H groups in total. The molecule has 2 fully saturated rings. The summed E-state index contributed by atoms with van der Waals surface area (Å²) in [6.45, 7) is 13.2. The molecular weight excluding hydrogens is 516 g/mol. The average molecular weight is 566 g/mol. The van der Waals surface area contributed by atoms with Crippen LogP contribution in [0.4, 0.5) is 8.78 Å². The SMILES string of the molecule is C=CCC/C=C\CCON1C(C)(C)CC(c2ccc(C3CCC(c4ccc(OC)cc4F)CC3)cc2F)CC1(C)C. The molecule has 224 valence electrons. The average Bonchev–Trinajstić information content (AvgIpc) is 2.93. The summed E-state index contributed by atoms with van der Waals surface area (Å²) in [5.74, 6) is 0.893. The number of rotatable bonds is 11. The van der Waals surface area contributed by atoms with Gasteiger partial charge < -0.3 is 4.74 Å². The molecule has 1 saturated heterocycles. The standard InChI is InChI=1S/C36H49F2NO2/c1-7-8-9-10-11-12-21-41-39-35(2,3)24-29(25-36(39,4)5)32-19-17-28(22-33(32)37)26-13-15-27(16-14-26)31-20-18-30(40-6)23-34(31)38/h7,10-11,17-20,22-23,26-27,29H,1,8-9,12-16,21,24-25H2,2-6H3/b11-10-. The second kappa shape index (κ2) is 13.6. The van der Waals surface area contributed by atoms with Gasteiger partial charge in [-0.3, -0.25) is 4.84 Å². The molecule has 1 aliphatic heterocycles. The zero-order valence-corrected chi connectivity index (χ0v) is 25.7. The maximum absolute atomic E-state index is 15.7. The molecular formula is C36H49F2NO2. The molecule has 3 nitrogen and oxygen atoms in total. The normalized spacial score (nSPS) is 23.1.